The highest BCUT2D eigenvalue weighted by atomic mass is 16.6. The van der Waals surface area contributed by atoms with Crippen molar-refractivity contribution in [3.8, 4) is 6.07 Å². The van der Waals surface area contributed by atoms with Crippen LogP contribution in [0.3, 0.4) is 0 Å². The fourth-order valence-corrected chi connectivity index (χ4v) is 4.56. The van der Waals surface area contributed by atoms with Crippen molar-refractivity contribution in [2.75, 3.05) is 6.54 Å². The SMILES string of the molecule is CCC(C)C(NC(=O)OC(C)(C)C)C(=O)N(CC#N)C(C(=O)NC(Cc1ccccc1)C(=O)OC(C)(C)C)c1ccc(C)cc1. The Kier molecular flexibility index (Phi) is 13.1. The second-order valence-corrected chi connectivity index (χ2v) is 13.2. The minimum absolute atomic E-state index is 0.143. The topological polar surface area (TPSA) is 138 Å². The van der Waals surface area contributed by atoms with Gasteiger partial charge in [-0.15, -0.1) is 0 Å². The monoisotopic (exact) mass is 620 g/mol. The number of carbonyl (C=O) groups is 4. The first-order valence-corrected chi connectivity index (χ1v) is 15.3. The maximum Gasteiger partial charge on any atom is 0.408 e. The molecule has 0 fully saturated rings. The molecule has 0 aliphatic carbocycles. The Morgan fingerprint density at radius 2 is 1.47 bits per heavy atom. The van der Waals surface area contributed by atoms with Gasteiger partial charge in [0.2, 0.25) is 11.8 Å². The Morgan fingerprint density at radius 3 is 1.98 bits per heavy atom. The number of alkyl carbamates (subject to hydrolysis) is 1. The van der Waals surface area contributed by atoms with Gasteiger partial charge in [0.25, 0.3) is 0 Å². The number of carbonyl (C=O) groups excluding carboxylic acids is 4. The Bertz CT molecular complexity index is 1340. The summed E-state index contributed by atoms with van der Waals surface area (Å²) < 4.78 is 11.1. The summed E-state index contributed by atoms with van der Waals surface area (Å²) in [6.07, 6.45) is -0.127. The second-order valence-electron chi connectivity index (χ2n) is 13.2. The summed E-state index contributed by atoms with van der Waals surface area (Å²) in [5, 5.41) is 15.3. The van der Waals surface area contributed by atoms with E-state index < -0.39 is 59.7 Å². The van der Waals surface area contributed by atoms with Crippen LogP contribution in [0.25, 0.3) is 0 Å². The fourth-order valence-electron chi connectivity index (χ4n) is 4.56. The quantitative estimate of drug-likeness (QED) is 0.239. The fraction of sp³-hybridized carbons (Fsp3) is 0.514. The van der Waals surface area contributed by atoms with Crippen LogP contribution in [0.5, 0.6) is 0 Å². The summed E-state index contributed by atoms with van der Waals surface area (Å²) in [7, 11) is 0. The Morgan fingerprint density at radius 1 is 0.889 bits per heavy atom. The van der Waals surface area contributed by atoms with Crippen molar-refractivity contribution in [2.24, 2.45) is 5.92 Å². The van der Waals surface area contributed by atoms with Gasteiger partial charge in [0.05, 0.1) is 6.07 Å². The summed E-state index contributed by atoms with van der Waals surface area (Å²) >= 11 is 0. The van der Waals surface area contributed by atoms with Gasteiger partial charge in [0, 0.05) is 6.42 Å². The van der Waals surface area contributed by atoms with Gasteiger partial charge >= 0.3 is 12.1 Å². The average Bonchev–Trinajstić information content (AvgIpc) is 2.94. The summed E-state index contributed by atoms with van der Waals surface area (Å²) in [5.74, 6) is -2.30. The van der Waals surface area contributed by atoms with Crippen molar-refractivity contribution in [3.63, 3.8) is 0 Å². The van der Waals surface area contributed by atoms with E-state index in [-0.39, 0.29) is 12.3 Å². The zero-order valence-corrected chi connectivity index (χ0v) is 28.0. The zero-order valence-electron chi connectivity index (χ0n) is 28.0. The molecule has 2 N–H and O–H groups in total. The van der Waals surface area contributed by atoms with Gasteiger partial charge in [0.15, 0.2) is 0 Å². The van der Waals surface area contributed by atoms with E-state index in [0.717, 1.165) is 16.0 Å². The smallest absolute Gasteiger partial charge is 0.408 e. The number of esters is 1. The third-order valence-corrected chi connectivity index (χ3v) is 6.92. The largest absolute Gasteiger partial charge is 0.458 e. The van der Waals surface area contributed by atoms with Gasteiger partial charge in [0.1, 0.15) is 35.9 Å². The molecule has 4 atom stereocenters. The van der Waals surface area contributed by atoms with Crippen molar-refractivity contribution in [1.82, 2.24) is 15.5 Å². The standard InChI is InChI=1S/C35H48N4O6/c1-10-24(3)28(38-33(43)45-35(7,8)9)31(41)39(21-20-36)29(26-18-16-23(2)17-19-26)30(40)37-27(32(42)44-34(4,5)6)22-25-14-12-11-13-15-25/h11-19,24,27-29H,10,21-22H2,1-9H3,(H,37,40)(H,38,43). The average molecular weight is 621 g/mol. The molecule has 45 heavy (non-hydrogen) atoms. The van der Waals surface area contributed by atoms with Crippen LogP contribution in [0, 0.1) is 24.2 Å². The summed E-state index contributed by atoms with van der Waals surface area (Å²) in [4.78, 5) is 55.8. The number of nitrogens with zero attached hydrogens (tertiary/aromatic N) is 2. The third kappa shape index (κ3) is 11.9. The van der Waals surface area contributed by atoms with Crippen LogP contribution in [-0.2, 0) is 30.3 Å². The molecule has 0 heterocycles. The van der Waals surface area contributed by atoms with E-state index in [2.05, 4.69) is 10.6 Å². The molecule has 0 saturated heterocycles. The number of amides is 3. The van der Waals surface area contributed by atoms with Crippen molar-refractivity contribution in [3.05, 3.63) is 71.3 Å². The van der Waals surface area contributed by atoms with E-state index >= 15 is 0 Å². The number of nitriles is 1. The minimum Gasteiger partial charge on any atom is -0.458 e. The van der Waals surface area contributed by atoms with Crippen LogP contribution >= 0.6 is 0 Å². The predicted molar refractivity (Wildman–Crippen MR) is 172 cm³/mol. The van der Waals surface area contributed by atoms with Crippen molar-refractivity contribution >= 4 is 23.9 Å². The molecule has 0 saturated carbocycles. The van der Waals surface area contributed by atoms with Gasteiger partial charge in [-0.3, -0.25) is 9.59 Å². The second kappa shape index (κ2) is 16.1. The van der Waals surface area contributed by atoms with E-state index in [0.29, 0.717) is 12.0 Å². The molecule has 0 radical (unpaired) electrons. The van der Waals surface area contributed by atoms with Crippen LogP contribution in [0.15, 0.2) is 54.6 Å². The van der Waals surface area contributed by atoms with E-state index in [9.17, 15) is 24.4 Å². The van der Waals surface area contributed by atoms with Crippen LogP contribution in [0.1, 0.15) is 84.5 Å². The van der Waals surface area contributed by atoms with Crippen LogP contribution in [-0.4, -0.2) is 58.6 Å². The molecule has 2 rings (SSSR count). The summed E-state index contributed by atoms with van der Waals surface area (Å²) in [5.41, 5.74) is 0.538. The molecule has 2 aromatic rings. The molecular weight excluding hydrogens is 572 g/mol. The maximum atomic E-state index is 14.3. The number of ether oxygens (including phenoxy) is 2. The molecule has 0 bridgehead atoms. The van der Waals surface area contributed by atoms with Crippen molar-refractivity contribution < 1.29 is 28.7 Å². The van der Waals surface area contributed by atoms with Crippen LogP contribution < -0.4 is 10.6 Å². The highest BCUT2D eigenvalue weighted by Crippen LogP contribution is 2.26. The minimum atomic E-state index is -1.30. The molecule has 4 unspecified atom stereocenters. The van der Waals surface area contributed by atoms with E-state index in [1.807, 2.05) is 50.2 Å². The van der Waals surface area contributed by atoms with Crippen molar-refractivity contribution in [1.29, 1.82) is 5.26 Å². The van der Waals surface area contributed by atoms with Gasteiger partial charge < -0.3 is 25.0 Å². The Balaban J connectivity index is 2.59. The lowest BCUT2D eigenvalue weighted by molar-refractivity contribution is -0.159. The van der Waals surface area contributed by atoms with Crippen molar-refractivity contribution in [2.45, 2.75) is 104 Å². The lowest BCUT2D eigenvalue weighted by Crippen LogP contribution is -2.56. The molecule has 10 heteroatoms. The van der Waals surface area contributed by atoms with Crippen LogP contribution in [0.4, 0.5) is 4.79 Å². The zero-order chi connectivity index (χ0) is 33.9. The van der Waals surface area contributed by atoms with Gasteiger partial charge in [-0.2, -0.15) is 5.26 Å². The number of rotatable bonds is 12. The Labute approximate surface area is 267 Å². The van der Waals surface area contributed by atoms with E-state index in [1.165, 1.54) is 0 Å². The maximum absolute atomic E-state index is 14.3. The number of aryl methyl sites for hydroxylation is 1. The van der Waals surface area contributed by atoms with Gasteiger partial charge in [-0.1, -0.05) is 80.4 Å². The van der Waals surface area contributed by atoms with Gasteiger partial charge in [-0.25, -0.2) is 9.59 Å². The summed E-state index contributed by atoms with van der Waals surface area (Å²) in [6, 6.07) is 14.7. The molecule has 2 aromatic carbocycles. The lowest BCUT2D eigenvalue weighted by atomic mass is 9.95. The summed E-state index contributed by atoms with van der Waals surface area (Å²) in [6.45, 7) is 15.4. The molecule has 0 aliphatic heterocycles. The van der Waals surface area contributed by atoms with Gasteiger partial charge in [-0.05, 0) is 65.5 Å². The first-order valence-electron chi connectivity index (χ1n) is 15.3. The molecule has 0 aromatic heterocycles. The van der Waals surface area contributed by atoms with Crippen LogP contribution in [0.2, 0.25) is 0 Å². The molecule has 0 aliphatic rings. The van der Waals surface area contributed by atoms with E-state index in [4.69, 9.17) is 9.47 Å². The van der Waals surface area contributed by atoms with E-state index in [1.54, 1.807) is 72.7 Å². The number of hydrogen-bond acceptors (Lipinski definition) is 7. The predicted octanol–water partition coefficient (Wildman–Crippen LogP) is 5.40. The lowest BCUT2D eigenvalue weighted by Gasteiger charge is -2.35. The number of hydrogen-bond donors (Lipinski definition) is 2. The highest BCUT2D eigenvalue weighted by molar-refractivity contribution is 5.94. The third-order valence-electron chi connectivity index (χ3n) is 6.92. The number of nitrogens with one attached hydrogen (secondary N) is 2. The molecule has 3 amide bonds. The molecule has 0 spiro atoms. The normalized spacial score (nSPS) is 14.1. The number of benzene rings is 2. The molecule has 10 nitrogen and oxygen atoms in total. The molecule has 244 valence electrons. The first-order chi connectivity index (χ1) is 21.0. The molecular formula is C35H48N4O6. The highest BCUT2D eigenvalue weighted by Gasteiger charge is 2.39. The Hall–Kier alpha value is -4.39. The first kappa shape index (κ1) is 36.8.